The van der Waals surface area contributed by atoms with E-state index in [1.54, 1.807) is 0 Å². The number of aromatic nitrogens is 2. The molecule has 1 aromatic rings. The zero-order valence-electron chi connectivity index (χ0n) is 12.6. The van der Waals surface area contributed by atoms with Gasteiger partial charge in [0.25, 0.3) is 0 Å². The fourth-order valence-electron chi connectivity index (χ4n) is 2.61. The zero-order valence-corrected chi connectivity index (χ0v) is 12.6. The van der Waals surface area contributed by atoms with E-state index in [9.17, 15) is 0 Å². The van der Waals surface area contributed by atoms with E-state index >= 15 is 0 Å². The predicted octanol–water partition coefficient (Wildman–Crippen LogP) is 1.77. The Labute approximate surface area is 120 Å². The summed E-state index contributed by atoms with van der Waals surface area (Å²) in [6, 6.07) is 0. The smallest absolute Gasteiger partial charge is 0.148 e. The van der Waals surface area contributed by atoms with Crippen molar-refractivity contribution in [2.45, 2.75) is 46.1 Å². The average Bonchev–Trinajstić information content (AvgIpc) is 2.47. The largest absolute Gasteiger partial charge is 0.376 e. The van der Waals surface area contributed by atoms with E-state index in [1.165, 1.54) is 0 Å². The SMILES string of the molecule is CCCOC1CCCN(c2nc(C)nc(NN)c2C)C1. The lowest BCUT2D eigenvalue weighted by Crippen LogP contribution is -2.41. The number of piperidine rings is 1. The van der Waals surface area contributed by atoms with Crippen molar-refractivity contribution in [3.8, 4) is 0 Å². The molecule has 1 saturated heterocycles. The normalized spacial score (nSPS) is 19.2. The lowest BCUT2D eigenvalue weighted by Gasteiger charge is -2.34. The summed E-state index contributed by atoms with van der Waals surface area (Å²) in [5.41, 5.74) is 3.65. The first-order valence-corrected chi connectivity index (χ1v) is 7.34. The van der Waals surface area contributed by atoms with Crippen molar-refractivity contribution in [2.75, 3.05) is 30.0 Å². The van der Waals surface area contributed by atoms with Gasteiger partial charge in [0.2, 0.25) is 0 Å². The third-order valence-corrected chi connectivity index (χ3v) is 3.60. The predicted molar refractivity (Wildman–Crippen MR) is 80.8 cm³/mol. The van der Waals surface area contributed by atoms with E-state index < -0.39 is 0 Å². The molecule has 0 saturated carbocycles. The highest BCUT2D eigenvalue weighted by molar-refractivity contribution is 5.58. The molecule has 3 N–H and O–H groups in total. The first-order chi connectivity index (χ1) is 9.65. The molecular weight excluding hydrogens is 254 g/mol. The molecule has 1 fully saturated rings. The first kappa shape index (κ1) is 15.0. The van der Waals surface area contributed by atoms with Gasteiger partial charge in [-0.15, -0.1) is 0 Å². The maximum Gasteiger partial charge on any atom is 0.148 e. The van der Waals surface area contributed by atoms with Crippen LogP contribution in [0.4, 0.5) is 11.6 Å². The first-order valence-electron chi connectivity index (χ1n) is 7.34. The van der Waals surface area contributed by atoms with Crippen LogP contribution in [0.15, 0.2) is 0 Å². The maximum atomic E-state index is 5.89. The summed E-state index contributed by atoms with van der Waals surface area (Å²) < 4.78 is 5.89. The molecule has 2 rings (SSSR count). The Balaban J connectivity index is 2.16. The number of nitrogens with one attached hydrogen (secondary N) is 1. The van der Waals surface area contributed by atoms with E-state index in [0.29, 0.717) is 11.9 Å². The lowest BCUT2D eigenvalue weighted by atomic mass is 10.1. The molecule has 1 aliphatic rings. The summed E-state index contributed by atoms with van der Waals surface area (Å²) in [6.07, 6.45) is 3.61. The molecule has 6 heteroatoms. The van der Waals surface area contributed by atoms with Crippen LogP contribution >= 0.6 is 0 Å². The molecule has 0 aliphatic carbocycles. The Morgan fingerprint density at radius 3 is 2.90 bits per heavy atom. The lowest BCUT2D eigenvalue weighted by molar-refractivity contribution is 0.0439. The van der Waals surface area contributed by atoms with Crippen LogP contribution in [0.25, 0.3) is 0 Å². The second kappa shape index (κ2) is 6.85. The highest BCUT2D eigenvalue weighted by atomic mass is 16.5. The van der Waals surface area contributed by atoms with Gasteiger partial charge in [-0.05, 0) is 33.1 Å². The van der Waals surface area contributed by atoms with E-state index in [0.717, 1.165) is 56.2 Å². The number of rotatable bonds is 5. The Morgan fingerprint density at radius 1 is 1.40 bits per heavy atom. The molecular formula is C14H25N5O. The van der Waals surface area contributed by atoms with Crippen LogP contribution in [0.3, 0.4) is 0 Å². The number of aryl methyl sites for hydroxylation is 1. The van der Waals surface area contributed by atoms with Gasteiger partial charge in [-0.25, -0.2) is 15.8 Å². The summed E-state index contributed by atoms with van der Waals surface area (Å²) >= 11 is 0. The number of nitrogen functional groups attached to an aromatic ring is 1. The van der Waals surface area contributed by atoms with Crippen LogP contribution in [0.1, 0.15) is 37.6 Å². The minimum absolute atomic E-state index is 0.299. The highest BCUT2D eigenvalue weighted by Gasteiger charge is 2.23. The maximum absolute atomic E-state index is 5.89. The molecule has 0 spiro atoms. The average molecular weight is 279 g/mol. The van der Waals surface area contributed by atoms with Gasteiger partial charge in [-0.3, -0.25) is 0 Å². The molecule has 1 unspecified atom stereocenters. The Kier molecular flexibility index (Phi) is 5.14. The molecule has 0 bridgehead atoms. The fraction of sp³-hybridized carbons (Fsp3) is 0.714. The van der Waals surface area contributed by atoms with E-state index in [4.69, 9.17) is 10.6 Å². The molecule has 6 nitrogen and oxygen atoms in total. The highest BCUT2D eigenvalue weighted by Crippen LogP contribution is 2.26. The zero-order chi connectivity index (χ0) is 14.5. The number of hydrogen-bond donors (Lipinski definition) is 2. The van der Waals surface area contributed by atoms with Gasteiger partial charge in [0.05, 0.1) is 6.10 Å². The Morgan fingerprint density at radius 2 is 2.20 bits per heavy atom. The molecule has 0 amide bonds. The molecule has 20 heavy (non-hydrogen) atoms. The standard InChI is InChI=1S/C14H25N5O/c1-4-8-20-12-6-5-7-19(9-12)14-10(2)13(18-15)16-11(3)17-14/h12H,4-9,15H2,1-3H3,(H,16,17,18). The van der Waals surface area contributed by atoms with Gasteiger partial charge in [0.1, 0.15) is 17.5 Å². The minimum Gasteiger partial charge on any atom is -0.376 e. The van der Waals surface area contributed by atoms with Crippen LogP contribution in [-0.2, 0) is 4.74 Å². The van der Waals surface area contributed by atoms with Crippen molar-refractivity contribution in [1.82, 2.24) is 9.97 Å². The third-order valence-electron chi connectivity index (χ3n) is 3.60. The van der Waals surface area contributed by atoms with Gasteiger partial charge in [-0.1, -0.05) is 6.92 Å². The molecule has 0 aromatic carbocycles. The summed E-state index contributed by atoms with van der Waals surface area (Å²) in [4.78, 5) is 11.2. The van der Waals surface area contributed by atoms with E-state index in [-0.39, 0.29) is 0 Å². The van der Waals surface area contributed by atoms with Gasteiger partial charge >= 0.3 is 0 Å². The van der Waals surface area contributed by atoms with Crippen LogP contribution < -0.4 is 16.2 Å². The monoisotopic (exact) mass is 279 g/mol. The minimum atomic E-state index is 0.299. The van der Waals surface area contributed by atoms with Crippen LogP contribution in [0.2, 0.25) is 0 Å². The Bertz CT molecular complexity index is 451. The van der Waals surface area contributed by atoms with Crippen LogP contribution in [0, 0.1) is 13.8 Å². The summed E-state index contributed by atoms with van der Waals surface area (Å²) in [5, 5.41) is 0. The molecule has 112 valence electrons. The molecule has 0 radical (unpaired) electrons. The van der Waals surface area contributed by atoms with Crippen molar-refractivity contribution in [1.29, 1.82) is 0 Å². The van der Waals surface area contributed by atoms with Crippen LogP contribution in [-0.4, -0.2) is 35.8 Å². The van der Waals surface area contributed by atoms with E-state index in [2.05, 4.69) is 27.2 Å². The molecule has 1 aromatic heterocycles. The van der Waals surface area contributed by atoms with Gasteiger partial charge in [-0.2, -0.15) is 0 Å². The van der Waals surface area contributed by atoms with Gasteiger partial charge < -0.3 is 15.1 Å². The second-order valence-corrected chi connectivity index (χ2v) is 5.29. The van der Waals surface area contributed by atoms with Crippen LogP contribution in [0.5, 0.6) is 0 Å². The molecule has 2 heterocycles. The third kappa shape index (κ3) is 3.37. The molecule has 1 atom stereocenters. The summed E-state index contributed by atoms with van der Waals surface area (Å²) in [5.74, 6) is 7.93. The van der Waals surface area contributed by atoms with Crippen molar-refractivity contribution in [3.63, 3.8) is 0 Å². The van der Waals surface area contributed by atoms with Gasteiger partial charge in [0, 0.05) is 25.3 Å². The number of nitrogens with two attached hydrogens (primary N) is 1. The number of anilines is 2. The van der Waals surface area contributed by atoms with E-state index in [1.807, 2.05) is 13.8 Å². The number of hydrogen-bond acceptors (Lipinski definition) is 6. The summed E-state index contributed by atoms with van der Waals surface area (Å²) in [7, 11) is 0. The van der Waals surface area contributed by atoms with Crippen molar-refractivity contribution in [3.05, 3.63) is 11.4 Å². The van der Waals surface area contributed by atoms with Gasteiger partial charge in [0.15, 0.2) is 0 Å². The number of ether oxygens (including phenoxy) is 1. The fourth-order valence-corrected chi connectivity index (χ4v) is 2.61. The Hall–Kier alpha value is -1.40. The van der Waals surface area contributed by atoms with Crippen molar-refractivity contribution < 1.29 is 4.74 Å². The topological polar surface area (TPSA) is 76.3 Å². The quantitative estimate of drug-likeness (QED) is 0.632. The number of nitrogens with zero attached hydrogens (tertiary/aromatic N) is 3. The molecule has 1 aliphatic heterocycles. The van der Waals surface area contributed by atoms with Crippen molar-refractivity contribution in [2.24, 2.45) is 5.84 Å². The van der Waals surface area contributed by atoms with Crippen molar-refractivity contribution >= 4 is 11.6 Å². The second-order valence-electron chi connectivity index (χ2n) is 5.29. The summed E-state index contributed by atoms with van der Waals surface area (Å²) in [6.45, 7) is 8.75. The number of hydrazine groups is 1.